The molecule has 3 aromatic rings. The molecular weight excluding hydrogens is 386 g/mol. The fourth-order valence-electron chi connectivity index (χ4n) is 2.96. The monoisotopic (exact) mass is 411 g/mol. The first-order chi connectivity index (χ1) is 14.1. The van der Waals surface area contributed by atoms with Crippen molar-refractivity contribution < 1.29 is 14.3 Å². The van der Waals surface area contributed by atoms with Crippen LogP contribution in [0, 0.1) is 0 Å². The zero-order valence-electron chi connectivity index (χ0n) is 16.8. The Morgan fingerprint density at radius 1 is 1.03 bits per heavy atom. The maximum atomic E-state index is 12.7. The quantitative estimate of drug-likeness (QED) is 0.541. The zero-order chi connectivity index (χ0) is 20.6. The second-order valence-corrected chi connectivity index (χ2v) is 7.27. The van der Waals surface area contributed by atoms with Crippen LogP contribution < -0.4 is 14.8 Å². The summed E-state index contributed by atoms with van der Waals surface area (Å²) in [5.74, 6) is 1.78. The van der Waals surface area contributed by atoms with Crippen molar-refractivity contribution in [3.05, 3.63) is 72.1 Å². The summed E-state index contributed by atoms with van der Waals surface area (Å²) < 4.78 is 12.5. The number of amides is 1. The number of ether oxygens (including phenoxy) is 2. The SMILES string of the molecule is CCn1ccnc1SCC(=O)NC(c1ccc(OC)cc1)c1ccc(OC)cc1. The summed E-state index contributed by atoms with van der Waals surface area (Å²) in [6.07, 6.45) is 3.67. The number of nitrogens with zero attached hydrogens (tertiary/aromatic N) is 2. The first-order valence-corrected chi connectivity index (χ1v) is 10.3. The van der Waals surface area contributed by atoms with Crippen molar-refractivity contribution in [2.45, 2.75) is 24.7 Å². The highest BCUT2D eigenvalue weighted by atomic mass is 32.2. The van der Waals surface area contributed by atoms with Crippen LogP contribution in [0.4, 0.5) is 0 Å². The molecule has 7 heteroatoms. The van der Waals surface area contributed by atoms with Crippen LogP contribution in [0.5, 0.6) is 11.5 Å². The Balaban J connectivity index is 1.77. The zero-order valence-corrected chi connectivity index (χ0v) is 17.6. The first kappa shape index (κ1) is 20.8. The summed E-state index contributed by atoms with van der Waals surface area (Å²) in [6.45, 7) is 2.87. The lowest BCUT2D eigenvalue weighted by atomic mass is 9.98. The van der Waals surface area contributed by atoms with E-state index in [1.165, 1.54) is 11.8 Å². The van der Waals surface area contributed by atoms with Crippen molar-refractivity contribution in [1.29, 1.82) is 0 Å². The molecule has 2 aromatic carbocycles. The second-order valence-electron chi connectivity index (χ2n) is 6.33. The molecule has 0 saturated heterocycles. The number of rotatable bonds is 9. The molecule has 1 heterocycles. The highest BCUT2D eigenvalue weighted by molar-refractivity contribution is 7.99. The number of benzene rings is 2. The van der Waals surface area contributed by atoms with Crippen LogP contribution in [-0.4, -0.2) is 35.4 Å². The Labute approximate surface area is 175 Å². The molecule has 1 amide bonds. The van der Waals surface area contributed by atoms with Gasteiger partial charge in [0.05, 0.1) is 26.0 Å². The van der Waals surface area contributed by atoms with Crippen LogP contribution in [-0.2, 0) is 11.3 Å². The van der Waals surface area contributed by atoms with Crippen molar-refractivity contribution in [1.82, 2.24) is 14.9 Å². The molecule has 0 unspecified atom stereocenters. The Morgan fingerprint density at radius 2 is 1.59 bits per heavy atom. The van der Waals surface area contributed by atoms with Gasteiger partial charge in [-0.2, -0.15) is 0 Å². The summed E-state index contributed by atoms with van der Waals surface area (Å²) >= 11 is 1.43. The maximum absolute atomic E-state index is 12.7. The van der Waals surface area contributed by atoms with E-state index >= 15 is 0 Å². The van der Waals surface area contributed by atoms with Crippen molar-refractivity contribution in [3.63, 3.8) is 0 Å². The van der Waals surface area contributed by atoms with Crippen LogP contribution in [0.15, 0.2) is 66.1 Å². The van der Waals surface area contributed by atoms with Crippen LogP contribution >= 0.6 is 11.8 Å². The van der Waals surface area contributed by atoms with Crippen LogP contribution in [0.3, 0.4) is 0 Å². The largest absolute Gasteiger partial charge is 0.497 e. The van der Waals surface area contributed by atoms with Gasteiger partial charge in [-0.1, -0.05) is 36.0 Å². The summed E-state index contributed by atoms with van der Waals surface area (Å²) in [7, 11) is 3.27. The highest BCUT2D eigenvalue weighted by Crippen LogP contribution is 2.26. The van der Waals surface area contributed by atoms with Gasteiger partial charge in [0.2, 0.25) is 5.91 Å². The molecule has 29 heavy (non-hydrogen) atoms. The summed E-state index contributed by atoms with van der Waals surface area (Å²) in [4.78, 5) is 17.0. The van der Waals surface area contributed by atoms with Gasteiger partial charge in [-0.05, 0) is 42.3 Å². The number of aromatic nitrogens is 2. The fourth-order valence-corrected chi connectivity index (χ4v) is 3.80. The van der Waals surface area contributed by atoms with Crippen molar-refractivity contribution >= 4 is 17.7 Å². The van der Waals surface area contributed by atoms with Crippen LogP contribution in [0.2, 0.25) is 0 Å². The van der Waals surface area contributed by atoms with E-state index in [2.05, 4.69) is 17.2 Å². The maximum Gasteiger partial charge on any atom is 0.231 e. The molecule has 0 atom stereocenters. The number of aryl methyl sites for hydroxylation is 1. The number of thioether (sulfide) groups is 1. The lowest BCUT2D eigenvalue weighted by Gasteiger charge is -2.20. The van der Waals surface area contributed by atoms with E-state index in [-0.39, 0.29) is 11.9 Å². The number of nitrogens with one attached hydrogen (secondary N) is 1. The second kappa shape index (κ2) is 10.0. The molecule has 3 rings (SSSR count). The third-order valence-corrected chi connectivity index (χ3v) is 5.56. The molecule has 0 aliphatic carbocycles. The molecule has 1 aromatic heterocycles. The lowest BCUT2D eigenvalue weighted by molar-refractivity contribution is -0.119. The van der Waals surface area contributed by atoms with Crippen molar-refractivity contribution in [3.8, 4) is 11.5 Å². The standard InChI is InChI=1S/C22H25N3O3S/c1-4-25-14-13-23-22(25)29-15-20(26)24-21(16-5-9-18(27-2)10-6-16)17-7-11-19(28-3)12-8-17/h5-14,21H,4,15H2,1-3H3,(H,24,26). The molecule has 0 radical (unpaired) electrons. The molecular formula is C22H25N3O3S. The number of carbonyl (C=O) groups is 1. The number of imidazole rings is 1. The van der Waals surface area contributed by atoms with Gasteiger partial charge in [0, 0.05) is 18.9 Å². The molecule has 0 saturated carbocycles. The average molecular weight is 412 g/mol. The smallest absolute Gasteiger partial charge is 0.231 e. The third kappa shape index (κ3) is 5.32. The van der Waals surface area contributed by atoms with Gasteiger partial charge in [0.25, 0.3) is 0 Å². The number of carbonyl (C=O) groups excluding carboxylic acids is 1. The van der Waals surface area contributed by atoms with Crippen molar-refractivity contribution in [2.75, 3.05) is 20.0 Å². The molecule has 0 aliphatic rings. The minimum atomic E-state index is -0.272. The molecule has 0 fully saturated rings. The Morgan fingerprint density at radius 3 is 2.07 bits per heavy atom. The topological polar surface area (TPSA) is 65.4 Å². The number of hydrogen-bond donors (Lipinski definition) is 1. The first-order valence-electron chi connectivity index (χ1n) is 9.35. The third-order valence-electron chi connectivity index (χ3n) is 4.55. The normalized spacial score (nSPS) is 10.8. The molecule has 0 aliphatic heterocycles. The minimum absolute atomic E-state index is 0.0581. The molecule has 0 spiro atoms. The fraction of sp³-hybridized carbons (Fsp3) is 0.273. The van der Waals surface area contributed by atoms with E-state index in [1.807, 2.05) is 59.3 Å². The van der Waals surface area contributed by atoms with Gasteiger partial charge < -0.3 is 19.4 Å². The minimum Gasteiger partial charge on any atom is -0.497 e. The number of hydrogen-bond acceptors (Lipinski definition) is 5. The van der Waals surface area contributed by atoms with E-state index in [9.17, 15) is 4.79 Å². The lowest BCUT2D eigenvalue weighted by Crippen LogP contribution is -2.30. The Kier molecular flexibility index (Phi) is 7.19. The summed E-state index contributed by atoms with van der Waals surface area (Å²) in [6, 6.07) is 15.2. The number of methoxy groups -OCH3 is 2. The molecule has 0 bridgehead atoms. The van der Waals surface area contributed by atoms with E-state index < -0.39 is 0 Å². The molecule has 1 N–H and O–H groups in total. The Bertz CT molecular complexity index is 876. The van der Waals surface area contributed by atoms with E-state index in [1.54, 1.807) is 20.4 Å². The van der Waals surface area contributed by atoms with E-state index in [4.69, 9.17) is 9.47 Å². The summed E-state index contributed by atoms with van der Waals surface area (Å²) in [5.41, 5.74) is 1.95. The van der Waals surface area contributed by atoms with E-state index in [0.717, 1.165) is 34.3 Å². The van der Waals surface area contributed by atoms with Crippen LogP contribution in [0.1, 0.15) is 24.1 Å². The average Bonchev–Trinajstić information content (AvgIpc) is 3.24. The van der Waals surface area contributed by atoms with Gasteiger partial charge in [-0.15, -0.1) is 0 Å². The Hall–Kier alpha value is -2.93. The van der Waals surface area contributed by atoms with Gasteiger partial charge in [0.1, 0.15) is 11.5 Å². The van der Waals surface area contributed by atoms with E-state index in [0.29, 0.717) is 5.75 Å². The highest BCUT2D eigenvalue weighted by Gasteiger charge is 2.18. The van der Waals surface area contributed by atoms with Crippen molar-refractivity contribution in [2.24, 2.45) is 0 Å². The predicted molar refractivity (Wildman–Crippen MR) is 115 cm³/mol. The van der Waals surface area contributed by atoms with Gasteiger partial charge >= 0.3 is 0 Å². The molecule has 152 valence electrons. The van der Waals surface area contributed by atoms with Gasteiger partial charge in [-0.3, -0.25) is 4.79 Å². The van der Waals surface area contributed by atoms with Gasteiger partial charge in [-0.25, -0.2) is 4.98 Å². The van der Waals surface area contributed by atoms with Crippen LogP contribution in [0.25, 0.3) is 0 Å². The summed E-state index contributed by atoms with van der Waals surface area (Å²) in [5, 5.41) is 3.99. The molecule has 6 nitrogen and oxygen atoms in total. The predicted octanol–water partition coefficient (Wildman–Crippen LogP) is 3.92. The van der Waals surface area contributed by atoms with Gasteiger partial charge in [0.15, 0.2) is 5.16 Å².